The Balaban J connectivity index is 2.00. The Hall–Kier alpha value is -0.680. The van der Waals surface area contributed by atoms with Gasteiger partial charge < -0.3 is 10.0 Å². The molecule has 3 nitrogen and oxygen atoms in total. The highest BCUT2D eigenvalue weighted by atomic mass is 35.5. The van der Waals surface area contributed by atoms with E-state index < -0.39 is 0 Å². The maximum absolute atomic E-state index is 13.1. The van der Waals surface area contributed by atoms with E-state index in [1.165, 1.54) is 12.1 Å². The van der Waals surface area contributed by atoms with E-state index in [4.69, 9.17) is 16.7 Å². The van der Waals surface area contributed by atoms with Gasteiger partial charge in [-0.05, 0) is 63.5 Å². The number of hydrogen-bond donors (Lipinski definition) is 1. The molecule has 0 unspecified atom stereocenters. The van der Waals surface area contributed by atoms with Crippen molar-refractivity contribution in [3.8, 4) is 0 Å². The summed E-state index contributed by atoms with van der Waals surface area (Å²) >= 11 is 6.14. The smallest absolute Gasteiger partial charge is 0.124 e. The Labute approximate surface area is 137 Å². The lowest BCUT2D eigenvalue weighted by molar-refractivity contribution is 0.0717. The standard InChI is InChI=1S/C17H26ClFN2O/c1-20(2)17-7-8-21(12-14(17)4-3-9-22)11-13-5-6-15(19)10-16(13)18/h5-6,10,14,17,22H,3-4,7-9,11-12H2,1-2H3/t14-,17+/m0/s1. The van der Waals surface area contributed by atoms with E-state index in [-0.39, 0.29) is 12.4 Å². The molecular weight excluding hydrogens is 303 g/mol. The molecule has 1 aromatic carbocycles. The van der Waals surface area contributed by atoms with E-state index in [1.54, 1.807) is 6.07 Å². The van der Waals surface area contributed by atoms with Gasteiger partial charge in [-0.1, -0.05) is 17.7 Å². The summed E-state index contributed by atoms with van der Waals surface area (Å²) in [5.41, 5.74) is 0.979. The van der Waals surface area contributed by atoms with E-state index in [0.29, 0.717) is 17.0 Å². The molecule has 1 saturated heterocycles. The van der Waals surface area contributed by atoms with Crippen LogP contribution in [0.1, 0.15) is 24.8 Å². The van der Waals surface area contributed by atoms with Crippen molar-refractivity contribution in [2.24, 2.45) is 5.92 Å². The van der Waals surface area contributed by atoms with Crippen LogP contribution in [-0.2, 0) is 6.54 Å². The van der Waals surface area contributed by atoms with Gasteiger partial charge in [-0.2, -0.15) is 0 Å². The molecular formula is C17H26ClFN2O. The zero-order chi connectivity index (χ0) is 16.1. The molecule has 22 heavy (non-hydrogen) atoms. The summed E-state index contributed by atoms with van der Waals surface area (Å²) in [7, 11) is 4.26. The van der Waals surface area contributed by atoms with Crippen molar-refractivity contribution >= 4 is 11.6 Å². The fourth-order valence-electron chi connectivity index (χ4n) is 3.45. The van der Waals surface area contributed by atoms with E-state index in [0.717, 1.165) is 44.5 Å². The maximum Gasteiger partial charge on any atom is 0.124 e. The van der Waals surface area contributed by atoms with Crippen LogP contribution in [0.5, 0.6) is 0 Å². The Kier molecular flexibility index (Phi) is 6.63. The van der Waals surface area contributed by atoms with Gasteiger partial charge in [0.2, 0.25) is 0 Å². The van der Waals surface area contributed by atoms with Gasteiger partial charge in [-0.3, -0.25) is 4.90 Å². The Morgan fingerprint density at radius 2 is 2.18 bits per heavy atom. The summed E-state index contributed by atoms with van der Waals surface area (Å²) in [5, 5.41) is 9.61. The van der Waals surface area contributed by atoms with Gasteiger partial charge in [-0.15, -0.1) is 0 Å². The highest BCUT2D eigenvalue weighted by Gasteiger charge is 2.30. The van der Waals surface area contributed by atoms with Gasteiger partial charge in [0.25, 0.3) is 0 Å². The predicted molar refractivity (Wildman–Crippen MR) is 88.6 cm³/mol. The lowest BCUT2D eigenvalue weighted by Gasteiger charge is -2.42. The van der Waals surface area contributed by atoms with E-state index >= 15 is 0 Å². The summed E-state index contributed by atoms with van der Waals surface area (Å²) < 4.78 is 13.1. The van der Waals surface area contributed by atoms with Crippen LogP contribution in [0.4, 0.5) is 4.39 Å². The second kappa shape index (κ2) is 8.25. The Bertz CT molecular complexity index is 484. The molecule has 0 aliphatic carbocycles. The first-order chi connectivity index (χ1) is 10.5. The SMILES string of the molecule is CN(C)[C@@H]1CCN(Cc2ccc(F)cc2Cl)C[C@@H]1CCCO. The van der Waals surface area contributed by atoms with Crippen LogP contribution in [0.2, 0.25) is 5.02 Å². The Morgan fingerprint density at radius 3 is 2.82 bits per heavy atom. The second-order valence-electron chi connectivity index (χ2n) is 6.42. The van der Waals surface area contributed by atoms with Gasteiger partial charge in [0.1, 0.15) is 5.82 Å². The van der Waals surface area contributed by atoms with Gasteiger partial charge in [-0.25, -0.2) is 4.39 Å². The Morgan fingerprint density at radius 1 is 1.41 bits per heavy atom. The molecule has 0 bridgehead atoms. The van der Waals surface area contributed by atoms with Crippen molar-refractivity contribution in [1.29, 1.82) is 0 Å². The molecule has 1 heterocycles. The molecule has 5 heteroatoms. The quantitative estimate of drug-likeness (QED) is 0.869. The third kappa shape index (κ3) is 4.66. The molecule has 0 spiro atoms. The van der Waals surface area contributed by atoms with Crippen LogP contribution in [0.3, 0.4) is 0 Å². The van der Waals surface area contributed by atoms with Crippen LogP contribution >= 0.6 is 11.6 Å². The van der Waals surface area contributed by atoms with Crippen molar-refractivity contribution in [1.82, 2.24) is 9.80 Å². The van der Waals surface area contributed by atoms with Gasteiger partial charge in [0, 0.05) is 30.8 Å². The molecule has 0 amide bonds. The number of aliphatic hydroxyl groups is 1. The minimum atomic E-state index is -0.291. The maximum atomic E-state index is 13.1. The van der Waals surface area contributed by atoms with Gasteiger partial charge in [0.15, 0.2) is 0 Å². The highest BCUT2D eigenvalue weighted by molar-refractivity contribution is 6.31. The minimum Gasteiger partial charge on any atom is -0.396 e. The number of halogens is 2. The zero-order valence-corrected chi connectivity index (χ0v) is 14.2. The summed E-state index contributed by atoms with van der Waals surface area (Å²) in [5.74, 6) is 0.260. The van der Waals surface area contributed by atoms with Crippen molar-refractivity contribution in [2.45, 2.75) is 31.8 Å². The van der Waals surface area contributed by atoms with Crippen LogP contribution in [0.25, 0.3) is 0 Å². The topological polar surface area (TPSA) is 26.7 Å². The molecule has 1 aromatic rings. The normalized spacial score (nSPS) is 23.2. The van der Waals surface area contributed by atoms with Gasteiger partial charge in [0.05, 0.1) is 0 Å². The van der Waals surface area contributed by atoms with Crippen LogP contribution < -0.4 is 0 Å². The lowest BCUT2D eigenvalue weighted by atomic mass is 9.87. The van der Waals surface area contributed by atoms with Crippen molar-refractivity contribution in [3.05, 3.63) is 34.6 Å². The van der Waals surface area contributed by atoms with Crippen LogP contribution in [-0.4, -0.2) is 54.7 Å². The summed E-state index contributed by atoms with van der Waals surface area (Å²) in [6, 6.07) is 5.19. The molecule has 0 radical (unpaired) electrons. The zero-order valence-electron chi connectivity index (χ0n) is 13.4. The third-order valence-electron chi connectivity index (χ3n) is 4.58. The fourth-order valence-corrected chi connectivity index (χ4v) is 3.67. The highest BCUT2D eigenvalue weighted by Crippen LogP contribution is 2.27. The molecule has 1 aliphatic rings. The number of likely N-dealkylation sites (tertiary alicyclic amines) is 1. The van der Waals surface area contributed by atoms with Crippen LogP contribution in [0.15, 0.2) is 18.2 Å². The molecule has 1 N–H and O–H groups in total. The first-order valence-electron chi connectivity index (χ1n) is 7.95. The average molecular weight is 329 g/mol. The predicted octanol–water partition coefficient (Wildman–Crippen LogP) is 3.00. The van der Waals surface area contributed by atoms with Crippen molar-refractivity contribution in [2.75, 3.05) is 33.8 Å². The molecule has 0 aromatic heterocycles. The molecule has 2 atom stereocenters. The van der Waals surface area contributed by atoms with Crippen molar-refractivity contribution < 1.29 is 9.50 Å². The first-order valence-corrected chi connectivity index (χ1v) is 8.32. The monoisotopic (exact) mass is 328 g/mol. The average Bonchev–Trinajstić information content (AvgIpc) is 2.48. The molecule has 0 saturated carbocycles. The summed E-state index contributed by atoms with van der Waals surface area (Å²) in [6.07, 6.45) is 3.00. The lowest BCUT2D eigenvalue weighted by Crippen LogP contribution is -2.48. The van der Waals surface area contributed by atoms with E-state index in [9.17, 15) is 4.39 Å². The fraction of sp³-hybridized carbons (Fsp3) is 0.647. The third-order valence-corrected chi connectivity index (χ3v) is 4.94. The molecule has 2 rings (SSSR count). The summed E-state index contributed by atoms with van der Waals surface area (Å²) in [4.78, 5) is 4.69. The molecule has 1 aliphatic heterocycles. The number of aliphatic hydroxyl groups excluding tert-OH is 1. The first kappa shape index (κ1) is 17.7. The number of nitrogens with zero attached hydrogens (tertiary/aromatic N) is 2. The van der Waals surface area contributed by atoms with E-state index in [1.807, 2.05) is 0 Å². The van der Waals surface area contributed by atoms with E-state index in [2.05, 4.69) is 23.9 Å². The largest absolute Gasteiger partial charge is 0.396 e. The molecule has 124 valence electrons. The van der Waals surface area contributed by atoms with Gasteiger partial charge >= 0.3 is 0 Å². The molecule has 1 fully saturated rings. The number of piperidine rings is 1. The van der Waals surface area contributed by atoms with Crippen molar-refractivity contribution in [3.63, 3.8) is 0 Å². The second-order valence-corrected chi connectivity index (χ2v) is 6.82. The number of rotatable bonds is 6. The summed E-state index contributed by atoms with van der Waals surface area (Å²) in [6.45, 7) is 3.03. The minimum absolute atomic E-state index is 0.250. The van der Waals surface area contributed by atoms with Crippen LogP contribution in [0, 0.1) is 11.7 Å². The number of benzene rings is 1. The number of hydrogen-bond acceptors (Lipinski definition) is 3.